The third-order valence-corrected chi connectivity index (χ3v) is 4.09. The van der Waals surface area contributed by atoms with Gasteiger partial charge in [-0.05, 0) is 55.5 Å². The number of nitrogens with zero attached hydrogens (tertiary/aromatic N) is 2. The van der Waals surface area contributed by atoms with Crippen LogP contribution in [0.2, 0.25) is 0 Å². The number of hydrogen-bond donors (Lipinski definition) is 2. The number of rotatable bonds is 5. The van der Waals surface area contributed by atoms with Crippen molar-refractivity contribution in [2.24, 2.45) is 0 Å². The molecular weight excluding hydrogens is 360 g/mol. The summed E-state index contributed by atoms with van der Waals surface area (Å²) in [7, 11) is 0. The van der Waals surface area contributed by atoms with Crippen molar-refractivity contribution in [1.29, 1.82) is 0 Å². The van der Waals surface area contributed by atoms with Crippen LogP contribution in [-0.4, -0.2) is 28.7 Å². The standard InChI is InChI=1S/C20H16N4O4/c1-12(25)13-2-4-14(5-3-13)21-19-9-7-16(23-24-19)20(26)22-15-6-8-17-18(10-15)28-11-27-17/h2-10H,11H2,1H3,(H,21,24)(H,22,26). The molecule has 28 heavy (non-hydrogen) atoms. The van der Waals surface area contributed by atoms with E-state index >= 15 is 0 Å². The normalized spacial score (nSPS) is 11.8. The minimum Gasteiger partial charge on any atom is -0.454 e. The highest BCUT2D eigenvalue weighted by molar-refractivity contribution is 6.03. The summed E-state index contributed by atoms with van der Waals surface area (Å²) in [6.45, 7) is 1.69. The molecular formula is C20H16N4O4. The second-order valence-electron chi connectivity index (χ2n) is 6.08. The largest absolute Gasteiger partial charge is 0.454 e. The van der Waals surface area contributed by atoms with Crippen molar-refractivity contribution >= 4 is 28.9 Å². The van der Waals surface area contributed by atoms with Crippen LogP contribution >= 0.6 is 0 Å². The van der Waals surface area contributed by atoms with Crippen LogP contribution in [0.4, 0.5) is 17.2 Å². The Hall–Kier alpha value is -3.94. The summed E-state index contributed by atoms with van der Waals surface area (Å²) in [6.07, 6.45) is 0. The molecule has 0 saturated heterocycles. The van der Waals surface area contributed by atoms with E-state index in [1.807, 2.05) is 0 Å². The van der Waals surface area contributed by atoms with Crippen molar-refractivity contribution < 1.29 is 19.1 Å². The minimum absolute atomic E-state index is 0.00386. The topological polar surface area (TPSA) is 102 Å². The Labute approximate surface area is 160 Å². The van der Waals surface area contributed by atoms with Crippen LogP contribution in [0.1, 0.15) is 27.8 Å². The van der Waals surface area contributed by atoms with Gasteiger partial charge in [-0.2, -0.15) is 0 Å². The number of anilines is 3. The highest BCUT2D eigenvalue weighted by Crippen LogP contribution is 2.34. The fourth-order valence-corrected chi connectivity index (χ4v) is 2.63. The Morgan fingerprint density at radius 3 is 2.36 bits per heavy atom. The maximum atomic E-state index is 12.3. The Bertz CT molecular complexity index is 1030. The molecule has 2 aromatic carbocycles. The monoisotopic (exact) mass is 376 g/mol. The molecule has 0 spiro atoms. The molecule has 0 fully saturated rings. The number of aromatic nitrogens is 2. The zero-order chi connectivity index (χ0) is 19.5. The number of carbonyl (C=O) groups excluding carboxylic acids is 2. The van der Waals surface area contributed by atoms with E-state index < -0.39 is 0 Å². The van der Waals surface area contributed by atoms with E-state index in [1.165, 1.54) is 6.92 Å². The van der Waals surface area contributed by atoms with Gasteiger partial charge in [-0.15, -0.1) is 10.2 Å². The molecule has 2 heterocycles. The fourth-order valence-electron chi connectivity index (χ4n) is 2.63. The lowest BCUT2D eigenvalue weighted by Gasteiger charge is -2.07. The van der Waals surface area contributed by atoms with Crippen molar-refractivity contribution in [3.8, 4) is 11.5 Å². The molecule has 1 amide bonds. The molecule has 0 radical (unpaired) electrons. The van der Waals surface area contributed by atoms with Crippen molar-refractivity contribution in [3.05, 3.63) is 65.9 Å². The molecule has 2 N–H and O–H groups in total. The van der Waals surface area contributed by atoms with Crippen LogP contribution in [0.25, 0.3) is 0 Å². The smallest absolute Gasteiger partial charge is 0.276 e. The Morgan fingerprint density at radius 1 is 0.893 bits per heavy atom. The number of benzene rings is 2. The Morgan fingerprint density at radius 2 is 1.64 bits per heavy atom. The van der Waals surface area contributed by atoms with E-state index in [0.29, 0.717) is 28.6 Å². The average molecular weight is 376 g/mol. The molecule has 1 aliphatic heterocycles. The van der Waals surface area contributed by atoms with Crippen LogP contribution in [0, 0.1) is 0 Å². The van der Waals surface area contributed by atoms with Gasteiger partial charge in [0, 0.05) is 23.0 Å². The molecule has 140 valence electrons. The van der Waals surface area contributed by atoms with Gasteiger partial charge in [-0.3, -0.25) is 9.59 Å². The zero-order valence-corrected chi connectivity index (χ0v) is 14.9. The lowest BCUT2D eigenvalue weighted by atomic mass is 10.1. The van der Waals surface area contributed by atoms with Crippen LogP contribution in [0.5, 0.6) is 11.5 Å². The summed E-state index contributed by atoms with van der Waals surface area (Å²) in [5.74, 6) is 1.33. The molecule has 0 bridgehead atoms. The molecule has 1 aliphatic rings. The average Bonchev–Trinajstić information content (AvgIpc) is 3.17. The first-order chi connectivity index (χ1) is 13.6. The van der Waals surface area contributed by atoms with Gasteiger partial charge >= 0.3 is 0 Å². The number of hydrogen-bond acceptors (Lipinski definition) is 7. The van der Waals surface area contributed by atoms with E-state index in [9.17, 15) is 9.59 Å². The SMILES string of the molecule is CC(=O)c1ccc(Nc2ccc(C(=O)Nc3ccc4c(c3)OCO4)nn2)cc1. The highest BCUT2D eigenvalue weighted by Gasteiger charge is 2.15. The number of Topliss-reactive ketones (excluding diaryl/α,β-unsaturated/α-hetero) is 1. The lowest BCUT2D eigenvalue weighted by molar-refractivity contribution is 0.101. The van der Waals surface area contributed by atoms with Gasteiger partial charge in [0.15, 0.2) is 28.8 Å². The van der Waals surface area contributed by atoms with Crippen LogP contribution in [0.15, 0.2) is 54.6 Å². The number of nitrogens with one attached hydrogen (secondary N) is 2. The maximum absolute atomic E-state index is 12.3. The molecule has 8 heteroatoms. The van der Waals surface area contributed by atoms with Gasteiger partial charge in [-0.1, -0.05) is 0 Å². The molecule has 0 unspecified atom stereocenters. The first kappa shape index (κ1) is 17.5. The number of ketones is 1. The van der Waals surface area contributed by atoms with E-state index in [4.69, 9.17) is 9.47 Å². The second-order valence-corrected chi connectivity index (χ2v) is 6.08. The Kier molecular flexibility index (Phi) is 4.59. The minimum atomic E-state index is -0.385. The van der Waals surface area contributed by atoms with Crippen molar-refractivity contribution in [2.45, 2.75) is 6.92 Å². The summed E-state index contributed by atoms with van der Waals surface area (Å²) in [5.41, 5.74) is 2.14. The maximum Gasteiger partial charge on any atom is 0.276 e. The molecule has 4 rings (SSSR count). The summed E-state index contributed by atoms with van der Waals surface area (Å²) < 4.78 is 10.5. The van der Waals surface area contributed by atoms with E-state index in [1.54, 1.807) is 54.6 Å². The van der Waals surface area contributed by atoms with E-state index in [-0.39, 0.29) is 24.2 Å². The fraction of sp³-hybridized carbons (Fsp3) is 0.100. The van der Waals surface area contributed by atoms with Crippen LogP contribution < -0.4 is 20.1 Å². The van der Waals surface area contributed by atoms with E-state index in [2.05, 4.69) is 20.8 Å². The predicted octanol–water partition coefficient (Wildman–Crippen LogP) is 3.40. The third kappa shape index (κ3) is 3.75. The second kappa shape index (κ2) is 7.36. The third-order valence-electron chi connectivity index (χ3n) is 4.09. The Balaban J connectivity index is 1.41. The molecule has 3 aromatic rings. The molecule has 0 atom stereocenters. The van der Waals surface area contributed by atoms with Crippen LogP contribution in [-0.2, 0) is 0 Å². The summed E-state index contributed by atoms with van der Waals surface area (Å²) in [4.78, 5) is 23.7. The van der Waals surface area contributed by atoms with Gasteiger partial charge < -0.3 is 20.1 Å². The number of fused-ring (bicyclic) bond motifs is 1. The summed E-state index contributed by atoms with van der Waals surface area (Å²) in [6, 6.07) is 15.4. The van der Waals surface area contributed by atoms with Crippen molar-refractivity contribution in [3.63, 3.8) is 0 Å². The summed E-state index contributed by atoms with van der Waals surface area (Å²) >= 11 is 0. The van der Waals surface area contributed by atoms with Crippen molar-refractivity contribution in [2.75, 3.05) is 17.4 Å². The van der Waals surface area contributed by atoms with Crippen LogP contribution in [0.3, 0.4) is 0 Å². The zero-order valence-electron chi connectivity index (χ0n) is 14.9. The number of ether oxygens (including phenoxy) is 2. The quantitative estimate of drug-likeness (QED) is 0.658. The highest BCUT2D eigenvalue weighted by atomic mass is 16.7. The predicted molar refractivity (Wildman–Crippen MR) is 102 cm³/mol. The number of carbonyl (C=O) groups is 2. The molecule has 0 saturated carbocycles. The van der Waals surface area contributed by atoms with Gasteiger partial charge in [0.05, 0.1) is 0 Å². The first-order valence-electron chi connectivity index (χ1n) is 8.51. The molecule has 0 aliphatic carbocycles. The number of amides is 1. The first-order valence-corrected chi connectivity index (χ1v) is 8.51. The summed E-state index contributed by atoms with van der Waals surface area (Å²) in [5, 5.41) is 13.8. The van der Waals surface area contributed by atoms with Gasteiger partial charge in [0.1, 0.15) is 0 Å². The van der Waals surface area contributed by atoms with Gasteiger partial charge in [0.2, 0.25) is 6.79 Å². The molecule has 8 nitrogen and oxygen atoms in total. The van der Waals surface area contributed by atoms with Gasteiger partial charge in [0.25, 0.3) is 5.91 Å². The molecule has 1 aromatic heterocycles. The van der Waals surface area contributed by atoms with E-state index in [0.717, 1.165) is 5.69 Å². The lowest BCUT2D eigenvalue weighted by Crippen LogP contribution is -2.14. The van der Waals surface area contributed by atoms with Crippen molar-refractivity contribution in [1.82, 2.24) is 10.2 Å². The van der Waals surface area contributed by atoms with Gasteiger partial charge in [-0.25, -0.2) is 0 Å².